The number of Topliss-reactive ketones (excluding diaryl/α,β-unsaturated/α-hetero) is 1. The Hall–Kier alpha value is -3.42. The molecule has 202 valence electrons. The number of nitrogens with one attached hydrogen (secondary N) is 1. The SMILES string of the molecule is CN1CCC(COc2ccc(-c3cc4c(Oc5ccc(CC(=O)CC6CC6)c(Cl)c5)ncnc4[nH]3)cc2)CC1. The number of benzene rings is 2. The molecule has 1 N–H and O–H groups in total. The van der Waals surface area contributed by atoms with Gasteiger partial charge in [0.15, 0.2) is 0 Å². The average Bonchev–Trinajstić information content (AvgIpc) is 3.64. The molecule has 8 heteroatoms. The summed E-state index contributed by atoms with van der Waals surface area (Å²) in [5, 5.41) is 1.30. The van der Waals surface area contributed by atoms with Crippen molar-refractivity contribution in [2.24, 2.45) is 11.8 Å². The van der Waals surface area contributed by atoms with Gasteiger partial charge in [0.05, 0.1) is 12.0 Å². The Balaban J connectivity index is 1.12. The average molecular weight is 545 g/mol. The van der Waals surface area contributed by atoms with E-state index < -0.39 is 0 Å². The fourth-order valence-electron chi connectivity index (χ4n) is 5.10. The van der Waals surface area contributed by atoms with E-state index in [2.05, 4.69) is 26.9 Å². The second-order valence-corrected chi connectivity index (χ2v) is 11.3. The van der Waals surface area contributed by atoms with Crippen molar-refractivity contribution >= 4 is 28.4 Å². The smallest absolute Gasteiger partial charge is 0.231 e. The number of carbonyl (C=O) groups excluding carboxylic acids is 1. The number of fused-ring (bicyclic) bond motifs is 1. The normalized spacial score (nSPS) is 16.5. The van der Waals surface area contributed by atoms with Crippen molar-refractivity contribution in [3.05, 3.63) is 65.4 Å². The van der Waals surface area contributed by atoms with Gasteiger partial charge in [-0.05, 0) is 111 Å². The maximum Gasteiger partial charge on any atom is 0.231 e. The quantitative estimate of drug-likeness (QED) is 0.239. The third kappa shape index (κ3) is 6.43. The number of hydrogen-bond donors (Lipinski definition) is 1. The van der Waals surface area contributed by atoms with Crippen molar-refractivity contribution in [1.82, 2.24) is 19.9 Å². The second-order valence-electron chi connectivity index (χ2n) is 10.9. The molecule has 2 fully saturated rings. The molecule has 0 unspecified atom stereocenters. The van der Waals surface area contributed by atoms with Crippen molar-refractivity contribution in [1.29, 1.82) is 0 Å². The molecule has 0 atom stereocenters. The summed E-state index contributed by atoms with van der Waals surface area (Å²) in [6, 6.07) is 15.5. The van der Waals surface area contributed by atoms with Gasteiger partial charge in [-0.15, -0.1) is 0 Å². The summed E-state index contributed by atoms with van der Waals surface area (Å²) in [4.78, 5) is 26.8. The Kier molecular flexibility index (Phi) is 7.53. The van der Waals surface area contributed by atoms with Crippen molar-refractivity contribution in [3.63, 3.8) is 0 Å². The lowest BCUT2D eigenvalue weighted by molar-refractivity contribution is -0.118. The van der Waals surface area contributed by atoms with Crippen LogP contribution in [0.4, 0.5) is 0 Å². The van der Waals surface area contributed by atoms with Gasteiger partial charge in [0, 0.05) is 23.6 Å². The predicted molar refractivity (Wildman–Crippen MR) is 153 cm³/mol. The van der Waals surface area contributed by atoms with E-state index in [-0.39, 0.29) is 5.78 Å². The molecule has 1 aliphatic carbocycles. The number of ether oxygens (including phenoxy) is 2. The second kappa shape index (κ2) is 11.4. The van der Waals surface area contributed by atoms with Crippen LogP contribution in [0.15, 0.2) is 54.9 Å². The summed E-state index contributed by atoms with van der Waals surface area (Å²) >= 11 is 6.50. The summed E-state index contributed by atoms with van der Waals surface area (Å²) in [5.41, 5.74) is 3.45. The Morgan fingerprint density at radius 1 is 1.00 bits per heavy atom. The predicted octanol–water partition coefficient (Wildman–Crippen LogP) is 6.70. The monoisotopic (exact) mass is 544 g/mol. The first-order chi connectivity index (χ1) is 19.0. The Morgan fingerprint density at radius 2 is 1.77 bits per heavy atom. The maximum atomic E-state index is 12.3. The zero-order valence-corrected chi connectivity index (χ0v) is 22.9. The molecule has 1 aliphatic heterocycles. The topological polar surface area (TPSA) is 80.3 Å². The number of ketones is 1. The summed E-state index contributed by atoms with van der Waals surface area (Å²) in [5.74, 6) is 3.31. The van der Waals surface area contributed by atoms with Crippen LogP contribution in [0.2, 0.25) is 5.02 Å². The fraction of sp³-hybridized carbons (Fsp3) is 0.387. The van der Waals surface area contributed by atoms with Gasteiger partial charge in [-0.3, -0.25) is 4.79 Å². The molecule has 6 rings (SSSR count). The first kappa shape index (κ1) is 25.8. The molecular weight excluding hydrogens is 512 g/mol. The number of H-pyrrole nitrogens is 1. The molecule has 7 nitrogen and oxygen atoms in total. The van der Waals surface area contributed by atoms with Crippen LogP contribution >= 0.6 is 11.6 Å². The highest BCUT2D eigenvalue weighted by molar-refractivity contribution is 6.31. The first-order valence-corrected chi connectivity index (χ1v) is 14.1. The fourth-order valence-corrected chi connectivity index (χ4v) is 5.34. The number of halogens is 1. The zero-order chi connectivity index (χ0) is 26.8. The third-order valence-electron chi connectivity index (χ3n) is 7.72. The molecule has 39 heavy (non-hydrogen) atoms. The van der Waals surface area contributed by atoms with Gasteiger partial charge in [0.25, 0.3) is 0 Å². The molecule has 0 radical (unpaired) electrons. The highest BCUT2D eigenvalue weighted by Crippen LogP contribution is 2.35. The van der Waals surface area contributed by atoms with Gasteiger partial charge in [-0.2, -0.15) is 0 Å². The van der Waals surface area contributed by atoms with Gasteiger partial charge in [0.2, 0.25) is 5.88 Å². The van der Waals surface area contributed by atoms with Crippen LogP contribution in [-0.2, 0) is 11.2 Å². The highest BCUT2D eigenvalue weighted by Gasteiger charge is 2.24. The molecule has 2 aromatic carbocycles. The summed E-state index contributed by atoms with van der Waals surface area (Å²) < 4.78 is 12.2. The van der Waals surface area contributed by atoms with Crippen LogP contribution < -0.4 is 9.47 Å². The van der Waals surface area contributed by atoms with Crippen LogP contribution in [0.3, 0.4) is 0 Å². The van der Waals surface area contributed by atoms with Crippen LogP contribution in [0, 0.1) is 11.8 Å². The molecule has 0 amide bonds. The van der Waals surface area contributed by atoms with Gasteiger partial charge in [-0.25, -0.2) is 9.97 Å². The number of aromatic nitrogens is 3. The number of carbonyl (C=O) groups is 1. The molecule has 2 aliphatic rings. The Morgan fingerprint density at radius 3 is 2.51 bits per heavy atom. The minimum Gasteiger partial charge on any atom is -0.493 e. The standard InChI is InChI=1S/C31H33ClN4O3/c1-36-12-10-21(11-13-36)18-38-25-7-4-22(5-8-25)29-17-27-30(35-29)33-19-34-31(27)39-26-9-6-23(28(32)16-26)15-24(37)14-20-2-3-20/h4-9,16-17,19-21H,2-3,10-15,18H2,1H3,(H,33,34,35). The molecule has 0 spiro atoms. The van der Waals surface area contributed by atoms with Gasteiger partial charge < -0.3 is 19.4 Å². The van der Waals surface area contributed by atoms with E-state index in [0.717, 1.165) is 47.7 Å². The minimum absolute atomic E-state index is 0.238. The molecule has 1 saturated carbocycles. The van der Waals surface area contributed by atoms with E-state index in [1.165, 1.54) is 32.0 Å². The van der Waals surface area contributed by atoms with Crippen LogP contribution in [0.5, 0.6) is 17.4 Å². The lowest BCUT2D eigenvalue weighted by Gasteiger charge is -2.28. The van der Waals surface area contributed by atoms with Gasteiger partial charge in [-0.1, -0.05) is 17.7 Å². The Labute approximate surface area is 233 Å². The Bertz CT molecular complexity index is 1460. The number of aromatic amines is 1. The molecular formula is C31H33ClN4O3. The maximum absolute atomic E-state index is 12.3. The number of nitrogens with zero attached hydrogens (tertiary/aromatic N) is 3. The van der Waals surface area contributed by atoms with Crippen molar-refractivity contribution < 1.29 is 14.3 Å². The van der Waals surface area contributed by atoms with E-state index in [1.54, 1.807) is 6.07 Å². The highest BCUT2D eigenvalue weighted by atomic mass is 35.5. The van der Waals surface area contributed by atoms with Gasteiger partial charge >= 0.3 is 0 Å². The summed E-state index contributed by atoms with van der Waals surface area (Å²) in [7, 11) is 2.18. The van der Waals surface area contributed by atoms with Crippen LogP contribution in [-0.4, -0.2) is 52.4 Å². The first-order valence-electron chi connectivity index (χ1n) is 13.7. The molecule has 3 heterocycles. The van der Waals surface area contributed by atoms with Gasteiger partial charge in [0.1, 0.15) is 29.3 Å². The van der Waals surface area contributed by atoms with Crippen molar-refractivity contribution in [2.45, 2.75) is 38.5 Å². The van der Waals surface area contributed by atoms with Crippen molar-refractivity contribution in [3.8, 4) is 28.6 Å². The minimum atomic E-state index is 0.238. The van der Waals surface area contributed by atoms with Crippen molar-refractivity contribution in [2.75, 3.05) is 26.7 Å². The molecule has 0 bridgehead atoms. The molecule has 4 aromatic rings. The van der Waals surface area contributed by atoms with Crippen LogP contribution in [0.1, 0.15) is 37.7 Å². The van der Waals surface area contributed by atoms with E-state index in [9.17, 15) is 4.79 Å². The number of hydrogen-bond acceptors (Lipinski definition) is 6. The van der Waals surface area contributed by atoms with E-state index in [4.69, 9.17) is 21.1 Å². The summed E-state index contributed by atoms with van der Waals surface area (Å²) in [6.07, 6.45) is 7.19. The third-order valence-corrected chi connectivity index (χ3v) is 8.07. The van der Waals surface area contributed by atoms with E-state index in [1.807, 2.05) is 42.5 Å². The van der Waals surface area contributed by atoms with E-state index >= 15 is 0 Å². The lowest BCUT2D eigenvalue weighted by Crippen LogP contribution is -2.32. The summed E-state index contributed by atoms with van der Waals surface area (Å²) in [6.45, 7) is 3.04. The number of piperidine rings is 1. The largest absolute Gasteiger partial charge is 0.493 e. The molecule has 1 saturated heterocycles. The van der Waals surface area contributed by atoms with Crippen LogP contribution in [0.25, 0.3) is 22.3 Å². The zero-order valence-electron chi connectivity index (χ0n) is 22.2. The molecule has 2 aromatic heterocycles. The lowest BCUT2D eigenvalue weighted by atomic mass is 9.98. The number of likely N-dealkylation sites (tertiary alicyclic amines) is 1. The van der Waals surface area contributed by atoms with E-state index in [0.29, 0.717) is 47.0 Å². The number of rotatable bonds is 10.